The van der Waals surface area contributed by atoms with Crippen LogP contribution in [-0.2, 0) is 11.3 Å². The number of imidazole rings is 1. The topological polar surface area (TPSA) is 77.6 Å². The zero-order chi connectivity index (χ0) is 17.8. The van der Waals surface area contributed by atoms with Crippen molar-refractivity contribution in [1.82, 2.24) is 29.3 Å². The van der Waals surface area contributed by atoms with Gasteiger partial charge in [-0.15, -0.1) is 5.10 Å². The standard InChI is InChI=1S/C17H17FN6O2/c1-10-3-2-4-14-20-15(16(18)23(10)14)17(25)22-6-5-13-12(8-22)24-11(9-26-13)7-19-21-24/h2-4,7,12-13H,5-6,8-9H2,1H3/t12-,13-/m0/s1. The largest absolute Gasteiger partial charge is 0.370 e. The molecule has 2 aliphatic heterocycles. The van der Waals surface area contributed by atoms with Gasteiger partial charge in [-0.2, -0.15) is 4.39 Å². The predicted octanol–water partition coefficient (Wildman–Crippen LogP) is 1.36. The molecule has 1 saturated heterocycles. The molecule has 2 aliphatic rings. The third-order valence-electron chi connectivity index (χ3n) is 5.20. The van der Waals surface area contributed by atoms with Crippen LogP contribution < -0.4 is 0 Å². The number of aromatic nitrogens is 5. The highest BCUT2D eigenvalue weighted by Crippen LogP contribution is 2.30. The van der Waals surface area contributed by atoms with Gasteiger partial charge in [0, 0.05) is 18.8 Å². The van der Waals surface area contributed by atoms with Crippen molar-refractivity contribution < 1.29 is 13.9 Å². The molecule has 0 N–H and O–H groups in total. The number of ether oxygens (including phenoxy) is 1. The molecule has 1 fully saturated rings. The summed E-state index contributed by atoms with van der Waals surface area (Å²) in [5, 5.41) is 8.06. The normalized spacial score (nSPS) is 22.3. The van der Waals surface area contributed by atoms with E-state index in [9.17, 15) is 9.18 Å². The Morgan fingerprint density at radius 1 is 1.38 bits per heavy atom. The monoisotopic (exact) mass is 356 g/mol. The number of hydrogen-bond acceptors (Lipinski definition) is 5. The van der Waals surface area contributed by atoms with E-state index in [0.717, 1.165) is 5.69 Å². The molecule has 5 rings (SSSR count). The van der Waals surface area contributed by atoms with E-state index in [2.05, 4.69) is 15.3 Å². The van der Waals surface area contributed by atoms with Gasteiger partial charge in [0.15, 0.2) is 5.69 Å². The lowest BCUT2D eigenvalue weighted by Gasteiger charge is -2.40. The molecule has 2 atom stereocenters. The fourth-order valence-electron chi connectivity index (χ4n) is 3.86. The molecule has 134 valence electrons. The van der Waals surface area contributed by atoms with Crippen LogP contribution in [0.1, 0.15) is 34.3 Å². The summed E-state index contributed by atoms with van der Waals surface area (Å²) in [6.45, 7) is 3.15. The fourth-order valence-corrected chi connectivity index (χ4v) is 3.86. The van der Waals surface area contributed by atoms with Crippen molar-refractivity contribution in [1.29, 1.82) is 0 Å². The van der Waals surface area contributed by atoms with E-state index >= 15 is 0 Å². The van der Waals surface area contributed by atoms with Gasteiger partial charge in [0.2, 0.25) is 5.95 Å². The average Bonchev–Trinajstić information content (AvgIpc) is 3.26. The van der Waals surface area contributed by atoms with Crippen molar-refractivity contribution in [3.05, 3.63) is 47.4 Å². The van der Waals surface area contributed by atoms with Crippen molar-refractivity contribution in [3.63, 3.8) is 0 Å². The molecule has 8 nitrogen and oxygen atoms in total. The number of amides is 1. The van der Waals surface area contributed by atoms with Gasteiger partial charge in [-0.1, -0.05) is 11.3 Å². The second-order valence-corrected chi connectivity index (χ2v) is 6.74. The van der Waals surface area contributed by atoms with Crippen molar-refractivity contribution in [3.8, 4) is 0 Å². The second-order valence-electron chi connectivity index (χ2n) is 6.74. The van der Waals surface area contributed by atoms with Gasteiger partial charge < -0.3 is 9.64 Å². The number of aryl methyl sites for hydroxylation is 1. The molecule has 5 heterocycles. The summed E-state index contributed by atoms with van der Waals surface area (Å²) in [6, 6.07) is 5.15. The number of nitrogens with zero attached hydrogens (tertiary/aromatic N) is 6. The highest BCUT2D eigenvalue weighted by Gasteiger charge is 2.39. The molecule has 3 aromatic rings. The third-order valence-corrected chi connectivity index (χ3v) is 5.20. The molecule has 0 unspecified atom stereocenters. The maximum absolute atomic E-state index is 14.8. The highest BCUT2D eigenvalue weighted by atomic mass is 19.1. The Bertz CT molecular complexity index is 1010. The summed E-state index contributed by atoms with van der Waals surface area (Å²) < 4.78 is 23.9. The number of carbonyl (C=O) groups excluding carboxylic acids is 1. The summed E-state index contributed by atoms with van der Waals surface area (Å²) in [5.41, 5.74) is 1.86. The first-order valence-electron chi connectivity index (χ1n) is 8.57. The van der Waals surface area contributed by atoms with Gasteiger partial charge in [-0.05, 0) is 25.5 Å². The Morgan fingerprint density at radius 2 is 2.27 bits per heavy atom. The molecular formula is C17H17FN6O2. The molecule has 0 saturated carbocycles. The van der Waals surface area contributed by atoms with Crippen LogP contribution in [0.15, 0.2) is 24.4 Å². The van der Waals surface area contributed by atoms with Gasteiger partial charge in [0.25, 0.3) is 5.91 Å². The molecular weight excluding hydrogens is 339 g/mol. The lowest BCUT2D eigenvalue weighted by Crippen LogP contribution is -2.50. The van der Waals surface area contributed by atoms with Crippen LogP contribution in [-0.4, -0.2) is 54.4 Å². The van der Waals surface area contributed by atoms with Crippen LogP contribution in [0.25, 0.3) is 5.65 Å². The maximum Gasteiger partial charge on any atom is 0.277 e. The zero-order valence-electron chi connectivity index (χ0n) is 14.2. The van der Waals surface area contributed by atoms with E-state index in [-0.39, 0.29) is 17.8 Å². The second kappa shape index (κ2) is 5.60. The van der Waals surface area contributed by atoms with Crippen molar-refractivity contribution in [2.75, 3.05) is 13.1 Å². The van der Waals surface area contributed by atoms with E-state index in [1.807, 2.05) is 4.68 Å². The zero-order valence-corrected chi connectivity index (χ0v) is 14.2. The van der Waals surface area contributed by atoms with Gasteiger partial charge >= 0.3 is 0 Å². The third kappa shape index (κ3) is 2.16. The Balaban J connectivity index is 1.47. The number of pyridine rings is 1. The summed E-state index contributed by atoms with van der Waals surface area (Å²) in [7, 11) is 0. The minimum absolute atomic E-state index is 0.0126. The van der Waals surface area contributed by atoms with Crippen LogP contribution >= 0.6 is 0 Å². The average molecular weight is 356 g/mol. The lowest BCUT2D eigenvalue weighted by atomic mass is 10.00. The van der Waals surface area contributed by atoms with Crippen molar-refractivity contribution in [2.45, 2.75) is 32.1 Å². The summed E-state index contributed by atoms with van der Waals surface area (Å²) in [4.78, 5) is 18.8. The van der Waals surface area contributed by atoms with Crippen molar-refractivity contribution in [2.24, 2.45) is 0 Å². The molecule has 3 aromatic heterocycles. The molecule has 0 aromatic carbocycles. The predicted molar refractivity (Wildman–Crippen MR) is 88.0 cm³/mol. The summed E-state index contributed by atoms with van der Waals surface area (Å²) >= 11 is 0. The first-order chi connectivity index (χ1) is 12.6. The summed E-state index contributed by atoms with van der Waals surface area (Å²) in [6.07, 6.45) is 2.33. The Labute approximate surface area is 148 Å². The van der Waals surface area contributed by atoms with Crippen LogP contribution in [0.3, 0.4) is 0 Å². The molecule has 9 heteroatoms. The summed E-state index contributed by atoms with van der Waals surface area (Å²) in [5.74, 6) is -1.03. The molecule has 26 heavy (non-hydrogen) atoms. The highest BCUT2D eigenvalue weighted by molar-refractivity contribution is 5.93. The number of carbonyl (C=O) groups is 1. The number of piperidine rings is 1. The molecule has 0 aliphatic carbocycles. The number of fused-ring (bicyclic) bond motifs is 4. The van der Waals surface area contributed by atoms with Crippen LogP contribution in [0, 0.1) is 12.9 Å². The van der Waals surface area contributed by atoms with Gasteiger partial charge in [0.1, 0.15) is 5.65 Å². The van der Waals surface area contributed by atoms with Crippen LogP contribution in [0.2, 0.25) is 0 Å². The SMILES string of the molecule is Cc1cccc2nc(C(=O)N3CC[C@@H]4OCc5cnnn5[C@H]4C3)c(F)n12. The molecule has 0 spiro atoms. The number of halogens is 1. The van der Waals surface area contributed by atoms with E-state index < -0.39 is 11.9 Å². The Kier molecular flexibility index (Phi) is 3.33. The van der Waals surface area contributed by atoms with Gasteiger partial charge in [0.05, 0.1) is 30.6 Å². The first kappa shape index (κ1) is 15.4. The number of hydrogen-bond donors (Lipinski definition) is 0. The van der Waals surface area contributed by atoms with E-state index in [4.69, 9.17) is 4.74 Å². The minimum Gasteiger partial charge on any atom is -0.370 e. The minimum atomic E-state index is -0.619. The Morgan fingerprint density at radius 3 is 3.12 bits per heavy atom. The Hall–Kier alpha value is -2.81. The van der Waals surface area contributed by atoms with E-state index in [1.54, 1.807) is 36.2 Å². The smallest absolute Gasteiger partial charge is 0.277 e. The van der Waals surface area contributed by atoms with Gasteiger partial charge in [-0.25, -0.2) is 9.67 Å². The maximum atomic E-state index is 14.8. The van der Waals surface area contributed by atoms with E-state index in [0.29, 0.717) is 37.5 Å². The quantitative estimate of drug-likeness (QED) is 0.658. The fraction of sp³-hybridized carbons (Fsp3) is 0.412. The van der Waals surface area contributed by atoms with E-state index in [1.165, 1.54) is 4.40 Å². The van der Waals surface area contributed by atoms with Crippen LogP contribution in [0.4, 0.5) is 4.39 Å². The first-order valence-corrected chi connectivity index (χ1v) is 8.57. The lowest BCUT2D eigenvalue weighted by molar-refractivity contribution is -0.0606. The van der Waals surface area contributed by atoms with Gasteiger partial charge in [-0.3, -0.25) is 9.20 Å². The van der Waals surface area contributed by atoms with Crippen molar-refractivity contribution >= 4 is 11.6 Å². The molecule has 0 radical (unpaired) electrons. The molecule has 0 bridgehead atoms. The van der Waals surface area contributed by atoms with Crippen LogP contribution in [0.5, 0.6) is 0 Å². The molecule has 1 amide bonds. The number of likely N-dealkylation sites (tertiary alicyclic amines) is 1. The number of rotatable bonds is 1.